The molecule has 0 saturated heterocycles. The van der Waals surface area contributed by atoms with Crippen LogP contribution in [0.15, 0.2) is 18.2 Å². The fraction of sp³-hybridized carbons (Fsp3) is 0.429. The predicted molar refractivity (Wildman–Crippen MR) is 79.1 cm³/mol. The molecule has 1 aromatic carbocycles. The van der Waals surface area contributed by atoms with Gasteiger partial charge in [-0.3, -0.25) is 9.59 Å². The number of carbonyl (C=O) groups excluding carboxylic acids is 1. The van der Waals surface area contributed by atoms with Crippen molar-refractivity contribution in [3.05, 3.63) is 28.8 Å². The molecule has 110 valence electrons. The molecule has 0 fully saturated rings. The molecule has 1 rings (SSSR count). The van der Waals surface area contributed by atoms with E-state index in [9.17, 15) is 14.7 Å². The number of carbonyl (C=O) groups is 2. The van der Waals surface area contributed by atoms with Gasteiger partial charge in [-0.15, -0.1) is 0 Å². The van der Waals surface area contributed by atoms with Crippen molar-refractivity contribution in [3.63, 3.8) is 0 Å². The van der Waals surface area contributed by atoms with E-state index in [1.54, 1.807) is 12.1 Å². The summed E-state index contributed by atoms with van der Waals surface area (Å²) in [5.41, 5.74) is 5.16. The number of hydrogen-bond donors (Lipinski definition) is 3. The van der Waals surface area contributed by atoms with E-state index in [4.69, 9.17) is 17.3 Å². The van der Waals surface area contributed by atoms with Crippen LogP contribution in [0.3, 0.4) is 0 Å². The Hall–Kier alpha value is -1.75. The molecule has 0 saturated carbocycles. The van der Waals surface area contributed by atoms with Gasteiger partial charge in [-0.05, 0) is 31.0 Å². The highest BCUT2D eigenvalue weighted by molar-refractivity contribution is 6.31. The molecule has 1 amide bonds. The van der Waals surface area contributed by atoms with Gasteiger partial charge in [0.1, 0.15) is 0 Å². The van der Waals surface area contributed by atoms with Crippen molar-refractivity contribution < 1.29 is 14.7 Å². The third kappa shape index (κ3) is 3.42. The van der Waals surface area contributed by atoms with E-state index in [0.717, 1.165) is 0 Å². The fourth-order valence-corrected chi connectivity index (χ4v) is 2.19. The number of carboxylic acids is 1. The molecular formula is C14H19ClN2O3. The first-order valence-corrected chi connectivity index (χ1v) is 6.80. The number of halogens is 1. The largest absolute Gasteiger partial charge is 0.481 e. The predicted octanol–water partition coefficient (Wildman–Crippen LogP) is 2.74. The van der Waals surface area contributed by atoms with Crippen LogP contribution in [0, 0.1) is 5.41 Å². The van der Waals surface area contributed by atoms with Crippen LogP contribution in [-0.2, 0) is 4.79 Å². The minimum Gasteiger partial charge on any atom is -0.481 e. The number of aliphatic carboxylic acids is 1. The minimum atomic E-state index is -0.878. The van der Waals surface area contributed by atoms with E-state index in [0.29, 0.717) is 29.1 Å². The van der Waals surface area contributed by atoms with Gasteiger partial charge in [0, 0.05) is 17.3 Å². The fourth-order valence-electron chi connectivity index (χ4n) is 2.02. The Morgan fingerprint density at radius 2 is 1.95 bits per heavy atom. The van der Waals surface area contributed by atoms with Crippen LogP contribution < -0.4 is 11.1 Å². The Labute approximate surface area is 123 Å². The highest BCUT2D eigenvalue weighted by atomic mass is 35.5. The minimum absolute atomic E-state index is 0.204. The average Bonchev–Trinajstić information content (AvgIpc) is 2.39. The van der Waals surface area contributed by atoms with Gasteiger partial charge >= 0.3 is 5.97 Å². The normalized spacial score (nSPS) is 11.2. The summed E-state index contributed by atoms with van der Waals surface area (Å²) in [5, 5.41) is 12.8. The van der Waals surface area contributed by atoms with E-state index < -0.39 is 17.3 Å². The average molecular weight is 299 g/mol. The van der Waals surface area contributed by atoms with Crippen molar-refractivity contribution in [2.24, 2.45) is 11.1 Å². The first-order valence-electron chi connectivity index (χ1n) is 6.43. The number of nitrogens with two attached hydrogens (primary N) is 1. The Bertz CT molecular complexity index is 513. The van der Waals surface area contributed by atoms with Gasteiger partial charge in [-0.1, -0.05) is 25.4 Å². The maximum atomic E-state index is 11.4. The zero-order chi connectivity index (χ0) is 15.3. The Balaban J connectivity index is 3.01. The number of carboxylic acid groups (broad SMARTS) is 1. The van der Waals surface area contributed by atoms with Crippen molar-refractivity contribution in [3.8, 4) is 0 Å². The molecule has 1 aromatic rings. The van der Waals surface area contributed by atoms with Gasteiger partial charge < -0.3 is 16.2 Å². The number of amides is 1. The number of primary amides is 1. The van der Waals surface area contributed by atoms with E-state index in [-0.39, 0.29) is 6.54 Å². The molecule has 0 aromatic heterocycles. The van der Waals surface area contributed by atoms with Crippen LogP contribution in [-0.4, -0.2) is 23.5 Å². The van der Waals surface area contributed by atoms with E-state index >= 15 is 0 Å². The van der Waals surface area contributed by atoms with Gasteiger partial charge in [0.25, 0.3) is 5.91 Å². The SMILES string of the molecule is CCC(CC)(CNc1cc(Cl)ccc1C(N)=O)C(=O)O. The molecule has 6 heteroatoms. The Kier molecular flexibility index (Phi) is 5.39. The van der Waals surface area contributed by atoms with E-state index in [1.165, 1.54) is 6.07 Å². The zero-order valence-corrected chi connectivity index (χ0v) is 12.3. The molecule has 4 N–H and O–H groups in total. The second-order valence-electron chi connectivity index (χ2n) is 4.70. The molecule has 0 radical (unpaired) electrons. The Morgan fingerprint density at radius 1 is 1.35 bits per heavy atom. The van der Waals surface area contributed by atoms with Crippen molar-refractivity contribution >= 4 is 29.2 Å². The lowest BCUT2D eigenvalue weighted by Gasteiger charge is -2.27. The van der Waals surface area contributed by atoms with Gasteiger partial charge in [0.2, 0.25) is 0 Å². The maximum absolute atomic E-state index is 11.4. The standard InChI is InChI=1S/C14H19ClN2O3/c1-3-14(4-2,13(19)20)8-17-11-7-9(15)5-6-10(11)12(16)18/h5-7,17H,3-4,8H2,1-2H3,(H2,16,18)(H,19,20). The number of rotatable bonds is 7. The van der Waals surface area contributed by atoms with Crippen molar-refractivity contribution in [1.29, 1.82) is 0 Å². The van der Waals surface area contributed by atoms with E-state index in [1.807, 2.05) is 13.8 Å². The van der Waals surface area contributed by atoms with Gasteiger partial charge in [0.05, 0.1) is 11.0 Å². The van der Waals surface area contributed by atoms with Crippen LogP contribution in [0.25, 0.3) is 0 Å². The van der Waals surface area contributed by atoms with Gasteiger partial charge in [-0.25, -0.2) is 0 Å². The molecule has 0 aliphatic heterocycles. The summed E-state index contributed by atoms with van der Waals surface area (Å²) in [6.07, 6.45) is 0.969. The molecule has 0 atom stereocenters. The number of benzene rings is 1. The monoisotopic (exact) mass is 298 g/mol. The van der Waals surface area contributed by atoms with Crippen molar-refractivity contribution in [2.45, 2.75) is 26.7 Å². The molecule has 20 heavy (non-hydrogen) atoms. The number of anilines is 1. The molecule has 0 bridgehead atoms. The molecule has 5 nitrogen and oxygen atoms in total. The molecular weight excluding hydrogens is 280 g/mol. The number of hydrogen-bond acceptors (Lipinski definition) is 3. The highest BCUT2D eigenvalue weighted by Crippen LogP contribution is 2.29. The quantitative estimate of drug-likeness (QED) is 0.721. The van der Waals surface area contributed by atoms with Crippen LogP contribution in [0.4, 0.5) is 5.69 Å². The molecule has 0 aliphatic rings. The maximum Gasteiger partial charge on any atom is 0.311 e. The topological polar surface area (TPSA) is 92.4 Å². The smallest absolute Gasteiger partial charge is 0.311 e. The zero-order valence-electron chi connectivity index (χ0n) is 11.6. The van der Waals surface area contributed by atoms with Crippen LogP contribution in [0.1, 0.15) is 37.0 Å². The summed E-state index contributed by atoms with van der Waals surface area (Å²) in [7, 11) is 0. The second-order valence-corrected chi connectivity index (χ2v) is 5.14. The summed E-state index contributed by atoms with van der Waals surface area (Å²) in [6, 6.07) is 4.66. The molecule has 0 heterocycles. The highest BCUT2D eigenvalue weighted by Gasteiger charge is 2.34. The second kappa shape index (κ2) is 6.61. The van der Waals surface area contributed by atoms with Gasteiger partial charge in [-0.2, -0.15) is 0 Å². The Morgan fingerprint density at radius 3 is 2.40 bits per heavy atom. The lowest BCUT2D eigenvalue weighted by Crippen LogP contribution is -2.37. The van der Waals surface area contributed by atoms with Gasteiger partial charge in [0.15, 0.2) is 0 Å². The van der Waals surface area contributed by atoms with E-state index in [2.05, 4.69) is 5.32 Å². The first-order chi connectivity index (χ1) is 9.36. The third-order valence-corrected chi connectivity index (χ3v) is 3.91. The van der Waals surface area contributed by atoms with Crippen molar-refractivity contribution in [2.75, 3.05) is 11.9 Å². The van der Waals surface area contributed by atoms with Crippen molar-refractivity contribution in [1.82, 2.24) is 0 Å². The number of nitrogens with one attached hydrogen (secondary N) is 1. The molecule has 0 unspecified atom stereocenters. The lowest BCUT2D eigenvalue weighted by atomic mass is 9.82. The summed E-state index contributed by atoms with van der Waals surface area (Å²) in [4.78, 5) is 22.8. The summed E-state index contributed by atoms with van der Waals surface area (Å²) in [5.74, 6) is -1.45. The first kappa shape index (κ1) is 16.3. The van der Waals surface area contributed by atoms with Crippen LogP contribution in [0.2, 0.25) is 5.02 Å². The van der Waals surface area contributed by atoms with Crippen LogP contribution in [0.5, 0.6) is 0 Å². The summed E-state index contributed by atoms with van der Waals surface area (Å²) in [6.45, 7) is 3.86. The van der Waals surface area contributed by atoms with Crippen LogP contribution >= 0.6 is 11.6 Å². The lowest BCUT2D eigenvalue weighted by molar-refractivity contribution is -0.148. The third-order valence-electron chi connectivity index (χ3n) is 3.67. The summed E-state index contributed by atoms with van der Waals surface area (Å²) < 4.78 is 0. The molecule has 0 spiro atoms. The summed E-state index contributed by atoms with van der Waals surface area (Å²) >= 11 is 5.89. The molecule has 0 aliphatic carbocycles.